The van der Waals surface area contributed by atoms with E-state index >= 15 is 0 Å². The van der Waals surface area contributed by atoms with Gasteiger partial charge in [0.05, 0.1) is 14.2 Å². The van der Waals surface area contributed by atoms with Crippen LogP contribution in [-0.4, -0.2) is 27.6 Å². The summed E-state index contributed by atoms with van der Waals surface area (Å²) in [5, 5.41) is 0.823. The smallest absolute Gasteiger partial charge is 0.252 e. The number of methoxy groups -OCH3 is 2. The average molecular weight is 374 g/mol. The fourth-order valence-corrected chi connectivity index (χ4v) is 3.73. The minimum atomic E-state index is -3.88. The first-order valence-electron chi connectivity index (χ1n) is 7.77. The van der Waals surface area contributed by atoms with Crippen LogP contribution < -0.4 is 19.8 Å². The van der Waals surface area contributed by atoms with E-state index < -0.39 is 10.0 Å². The van der Waals surface area contributed by atoms with Gasteiger partial charge >= 0.3 is 0 Å². The maximum atomic E-state index is 12.6. The van der Waals surface area contributed by atoms with Crippen LogP contribution in [0.4, 0.5) is 0 Å². The molecule has 2 N–H and O–H groups in total. The van der Waals surface area contributed by atoms with Crippen molar-refractivity contribution < 1.29 is 17.9 Å². The molecule has 0 spiro atoms. The average Bonchev–Trinajstić information content (AvgIpc) is 2.65. The number of aromatic nitrogens is 1. The van der Waals surface area contributed by atoms with Gasteiger partial charge in [0.25, 0.3) is 5.56 Å². The number of nitrogens with one attached hydrogen (secondary N) is 2. The van der Waals surface area contributed by atoms with Crippen LogP contribution in [0.1, 0.15) is 5.56 Å². The van der Waals surface area contributed by atoms with Gasteiger partial charge in [-0.25, -0.2) is 13.1 Å². The lowest BCUT2D eigenvalue weighted by Crippen LogP contribution is -2.27. The van der Waals surface area contributed by atoms with E-state index in [2.05, 4.69) is 9.71 Å². The molecule has 0 aliphatic rings. The molecular formula is C18H18N2O5S. The molecule has 26 heavy (non-hydrogen) atoms. The van der Waals surface area contributed by atoms with Crippen molar-refractivity contribution in [3.05, 3.63) is 64.4 Å². The van der Waals surface area contributed by atoms with Crippen molar-refractivity contribution in [1.29, 1.82) is 0 Å². The summed E-state index contributed by atoms with van der Waals surface area (Å²) in [6, 6.07) is 13.4. The first-order chi connectivity index (χ1) is 12.4. The molecular weight excluding hydrogens is 356 g/mol. The second-order valence-electron chi connectivity index (χ2n) is 5.55. The Morgan fingerprint density at radius 2 is 1.81 bits per heavy atom. The molecule has 0 aliphatic heterocycles. The summed E-state index contributed by atoms with van der Waals surface area (Å²) < 4.78 is 37.9. The van der Waals surface area contributed by atoms with Crippen LogP contribution in [0.3, 0.4) is 0 Å². The van der Waals surface area contributed by atoms with E-state index in [-0.39, 0.29) is 22.7 Å². The molecule has 1 heterocycles. The van der Waals surface area contributed by atoms with Gasteiger partial charge < -0.3 is 14.5 Å². The number of hydrogen-bond donors (Lipinski definition) is 2. The zero-order chi connectivity index (χ0) is 18.7. The second-order valence-corrected chi connectivity index (χ2v) is 7.29. The third-order valence-electron chi connectivity index (χ3n) is 3.94. The van der Waals surface area contributed by atoms with E-state index in [0.29, 0.717) is 16.8 Å². The summed E-state index contributed by atoms with van der Waals surface area (Å²) in [5.74, 6) is 0.635. The molecule has 7 nitrogen and oxygen atoms in total. The maximum Gasteiger partial charge on any atom is 0.252 e. The van der Waals surface area contributed by atoms with Crippen LogP contribution in [0.25, 0.3) is 10.9 Å². The highest BCUT2D eigenvalue weighted by atomic mass is 32.2. The van der Waals surface area contributed by atoms with Gasteiger partial charge in [-0.05, 0) is 29.7 Å². The number of rotatable bonds is 6. The van der Waals surface area contributed by atoms with Crippen molar-refractivity contribution in [3.63, 3.8) is 0 Å². The molecule has 0 saturated carbocycles. The van der Waals surface area contributed by atoms with Gasteiger partial charge in [-0.3, -0.25) is 4.79 Å². The Morgan fingerprint density at radius 3 is 2.54 bits per heavy atom. The molecule has 0 radical (unpaired) electrons. The van der Waals surface area contributed by atoms with Crippen molar-refractivity contribution in [2.75, 3.05) is 14.2 Å². The SMILES string of the molecule is COc1ccc(S(=O)(=O)NCc2cc3ccccc3[nH]c2=O)c(OC)c1. The van der Waals surface area contributed by atoms with E-state index in [0.717, 1.165) is 5.39 Å². The highest BCUT2D eigenvalue weighted by molar-refractivity contribution is 7.89. The molecule has 0 amide bonds. The fraction of sp³-hybridized carbons (Fsp3) is 0.167. The lowest BCUT2D eigenvalue weighted by Gasteiger charge is -2.12. The van der Waals surface area contributed by atoms with Gasteiger partial charge in [0.1, 0.15) is 16.4 Å². The number of ether oxygens (including phenoxy) is 2. The molecule has 0 saturated heterocycles. The molecule has 3 aromatic rings. The topological polar surface area (TPSA) is 97.5 Å². The van der Waals surface area contributed by atoms with E-state index in [4.69, 9.17) is 9.47 Å². The number of hydrogen-bond acceptors (Lipinski definition) is 5. The maximum absolute atomic E-state index is 12.6. The summed E-state index contributed by atoms with van der Waals surface area (Å²) in [4.78, 5) is 14.9. The minimum Gasteiger partial charge on any atom is -0.497 e. The summed E-state index contributed by atoms with van der Waals surface area (Å²) in [5.41, 5.74) is 0.675. The van der Waals surface area contributed by atoms with Crippen molar-refractivity contribution in [1.82, 2.24) is 9.71 Å². The lowest BCUT2D eigenvalue weighted by atomic mass is 10.1. The van der Waals surface area contributed by atoms with E-state index in [1.807, 2.05) is 18.2 Å². The van der Waals surface area contributed by atoms with Crippen LogP contribution >= 0.6 is 0 Å². The van der Waals surface area contributed by atoms with Crippen molar-refractivity contribution in [3.8, 4) is 11.5 Å². The van der Waals surface area contributed by atoms with Gasteiger partial charge in [0.15, 0.2) is 0 Å². The number of sulfonamides is 1. The number of H-pyrrole nitrogens is 1. The quantitative estimate of drug-likeness (QED) is 0.688. The Bertz CT molecular complexity index is 1110. The third-order valence-corrected chi connectivity index (χ3v) is 5.38. The highest BCUT2D eigenvalue weighted by Gasteiger charge is 2.20. The molecule has 3 rings (SSSR count). The zero-order valence-corrected chi connectivity index (χ0v) is 15.1. The zero-order valence-electron chi connectivity index (χ0n) is 14.3. The van der Waals surface area contributed by atoms with E-state index in [1.54, 1.807) is 12.1 Å². The van der Waals surface area contributed by atoms with E-state index in [9.17, 15) is 13.2 Å². The molecule has 0 bridgehead atoms. The Labute approximate surface area is 150 Å². The first-order valence-corrected chi connectivity index (χ1v) is 9.25. The minimum absolute atomic E-state index is 0.0296. The van der Waals surface area contributed by atoms with Gasteiger partial charge in [0.2, 0.25) is 10.0 Å². The number of para-hydroxylation sites is 1. The van der Waals surface area contributed by atoms with Crippen LogP contribution in [0.5, 0.6) is 11.5 Å². The molecule has 2 aromatic carbocycles. The van der Waals surface area contributed by atoms with Crippen LogP contribution in [0.15, 0.2) is 58.2 Å². The molecule has 0 unspecified atom stereocenters. The van der Waals surface area contributed by atoms with E-state index in [1.165, 1.54) is 32.4 Å². The largest absolute Gasteiger partial charge is 0.497 e. The standard InChI is InChI=1S/C18H18N2O5S/c1-24-14-7-8-17(16(10-14)25-2)26(22,23)19-11-13-9-12-5-3-4-6-15(12)20-18(13)21/h3-10,19H,11H2,1-2H3,(H,20,21). The van der Waals surface area contributed by atoms with Crippen LogP contribution in [-0.2, 0) is 16.6 Å². The Hall–Kier alpha value is -2.84. The Kier molecular flexibility index (Phi) is 4.97. The van der Waals surface area contributed by atoms with Gasteiger partial charge in [-0.1, -0.05) is 18.2 Å². The second kappa shape index (κ2) is 7.19. The number of aromatic amines is 1. The summed E-state index contributed by atoms with van der Waals surface area (Å²) >= 11 is 0. The van der Waals surface area contributed by atoms with Crippen LogP contribution in [0, 0.1) is 0 Å². The van der Waals surface area contributed by atoms with Crippen LogP contribution in [0.2, 0.25) is 0 Å². The number of benzene rings is 2. The molecule has 8 heteroatoms. The van der Waals surface area contributed by atoms with Gasteiger partial charge in [-0.15, -0.1) is 0 Å². The molecule has 1 aromatic heterocycles. The predicted molar refractivity (Wildman–Crippen MR) is 98.1 cm³/mol. The molecule has 0 aliphatic carbocycles. The monoisotopic (exact) mass is 374 g/mol. The highest BCUT2D eigenvalue weighted by Crippen LogP contribution is 2.28. The normalized spacial score (nSPS) is 11.5. The third kappa shape index (κ3) is 3.56. The summed E-state index contributed by atoms with van der Waals surface area (Å²) in [6.07, 6.45) is 0. The predicted octanol–water partition coefficient (Wildman–Crippen LogP) is 2.02. The number of pyridine rings is 1. The summed E-state index contributed by atoms with van der Waals surface area (Å²) in [6.45, 7) is -0.141. The molecule has 0 fully saturated rings. The van der Waals surface area contributed by atoms with Gasteiger partial charge in [0, 0.05) is 23.7 Å². The first kappa shape index (κ1) is 18.0. The Balaban J connectivity index is 1.89. The van der Waals surface area contributed by atoms with Crippen molar-refractivity contribution >= 4 is 20.9 Å². The van der Waals surface area contributed by atoms with Gasteiger partial charge in [-0.2, -0.15) is 0 Å². The fourth-order valence-electron chi connectivity index (χ4n) is 2.57. The Morgan fingerprint density at radius 1 is 1.04 bits per heavy atom. The summed E-state index contributed by atoms with van der Waals surface area (Å²) in [7, 11) is -1.02. The van der Waals surface area contributed by atoms with Crippen molar-refractivity contribution in [2.45, 2.75) is 11.4 Å². The number of fused-ring (bicyclic) bond motifs is 1. The molecule has 0 atom stereocenters. The van der Waals surface area contributed by atoms with Crippen molar-refractivity contribution in [2.24, 2.45) is 0 Å². The lowest BCUT2D eigenvalue weighted by molar-refractivity contribution is 0.386. The molecule has 136 valence electrons.